The van der Waals surface area contributed by atoms with Gasteiger partial charge in [-0.05, 0) is 24.1 Å². The van der Waals surface area contributed by atoms with Crippen LogP contribution in [0.25, 0.3) is 0 Å². The third kappa shape index (κ3) is 4.16. The molecule has 0 radical (unpaired) electrons. The van der Waals surface area contributed by atoms with E-state index in [4.69, 9.17) is 5.11 Å². The number of urea groups is 1. The van der Waals surface area contributed by atoms with Gasteiger partial charge in [0.15, 0.2) is 0 Å². The van der Waals surface area contributed by atoms with Crippen molar-refractivity contribution >= 4 is 23.8 Å². The summed E-state index contributed by atoms with van der Waals surface area (Å²) >= 11 is 1.87. The van der Waals surface area contributed by atoms with Crippen LogP contribution in [0.3, 0.4) is 0 Å². The van der Waals surface area contributed by atoms with Crippen molar-refractivity contribution in [2.24, 2.45) is 0 Å². The lowest BCUT2D eigenvalue weighted by molar-refractivity contribution is 0.0697. The van der Waals surface area contributed by atoms with Gasteiger partial charge in [0, 0.05) is 31.1 Å². The zero-order valence-corrected chi connectivity index (χ0v) is 12.0. The molecule has 1 aromatic carbocycles. The van der Waals surface area contributed by atoms with E-state index in [2.05, 4.69) is 5.32 Å². The van der Waals surface area contributed by atoms with Gasteiger partial charge in [0.1, 0.15) is 0 Å². The first-order valence-corrected chi connectivity index (χ1v) is 7.75. The molecule has 108 valence electrons. The Balaban J connectivity index is 1.74. The molecule has 2 N–H and O–H groups in total. The third-order valence-corrected chi connectivity index (χ3v) is 4.13. The van der Waals surface area contributed by atoms with Crippen molar-refractivity contribution in [1.82, 2.24) is 10.2 Å². The molecule has 1 heterocycles. The Morgan fingerprint density at radius 2 is 1.85 bits per heavy atom. The van der Waals surface area contributed by atoms with Crippen LogP contribution in [0.1, 0.15) is 15.9 Å². The van der Waals surface area contributed by atoms with Gasteiger partial charge in [0.25, 0.3) is 0 Å². The van der Waals surface area contributed by atoms with Gasteiger partial charge in [0.05, 0.1) is 5.56 Å². The molecular weight excluding hydrogens is 276 g/mol. The maximum atomic E-state index is 11.9. The van der Waals surface area contributed by atoms with Crippen LogP contribution in [0.5, 0.6) is 0 Å². The normalized spacial score (nSPS) is 14.9. The molecule has 0 spiro atoms. The van der Waals surface area contributed by atoms with E-state index in [0.29, 0.717) is 13.0 Å². The molecule has 6 heteroatoms. The van der Waals surface area contributed by atoms with Crippen LogP contribution in [0, 0.1) is 0 Å². The minimum Gasteiger partial charge on any atom is -0.478 e. The van der Waals surface area contributed by atoms with Gasteiger partial charge < -0.3 is 15.3 Å². The summed E-state index contributed by atoms with van der Waals surface area (Å²) in [5.41, 5.74) is 1.30. The zero-order valence-electron chi connectivity index (χ0n) is 11.2. The first kappa shape index (κ1) is 14.7. The number of carboxylic acids is 1. The molecule has 0 atom stereocenters. The molecule has 20 heavy (non-hydrogen) atoms. The Kier molecular flexibility index (Phi) is 5.29. The fraction of sp³-hybridized carbons (Fsp3) is 0.429. The van der Waals surface area contributed by atoms with Crippen LogP contribution in [0.2, 0.25) is 0 Å². The van der Waals surface area contributed by atoms with E-state index < -0.39 is 5.97 Å². The summed E-state index contributed by atoms with van der Waals surface area (Å²) in [7, 11) is 0. The molecule has 1 aromatic rings. The van der Waals surface area contributed by atoms with Crippen LogP contribution in [-0.2, 0) is 6.42 Å². The Hall–Kier alpha value is -1.69. The number of carboxylic acid groups (broad SMARTS) is 1. The van der Waals surface area contributed by atoms with Crippen molar-refractivity contribution in [2.75, 3.05) is 31.1 Å². The third-order valence-electron chi connectivity index (χ3n) is 3.19. The van der Waals surface area contributed by atoms with Crippen LogP contribution in [0.15, 0.2) is 24.3 Å². The van der Waals surface area contributed by atoms with E-state index in [9.17, 15) is 9.59 Å². The summed E-state index contributed by atoms with van der Waals surface area (Å²) in [5, 5.41) is 11.7. The van der Waals surface area contributed by atoms with Gasteiger partial charge in [-0.2, -0.15) is 11.8 Å². The van der Waals surface area contributed by atoms with Crippen molar-refractivity contribution in [3.63, 3.8) is 0 Å². The zero-order chi connectivity index (χ0) is 14.4. The molecule has 2 amide bonds. The molecule has 1 aliphatic heterocycles. The molecule has 0 saturated carbocycles. The SMILES string of the molecule is O=C(O)c1ccc(CCNC(=O)N2CCSCC2)cc1. The van der Waals surface area contributed by atoms with Gasteiger partial charge in [-0.25, -0.2) is 9.59 Å². The first-order valence-electron chi connectivity index (χ1n) is 6.59. The number of aromatic carboxylic acids is 1. The minimum atomic E-state index is -0.923. The standard InChI is InChI=1S/C14H18N2O3S/c17-13(18)12-3-1-11(2-4-12)5-6-15-14(19)16-7-9-20-10-8-16/h1-4H,5-10H2,(H,15,19)(H,17,18). The topological polar surface area (TPSA) is 69.6 Å². The summed E-state index contributed by atoms with van der Waals surface area (Å²) in [5.74, 6) is 1.08. The molecule has 5 nitrogen and oxygen atoms in total. The predicted molar refractivity (Wildman–Crippen MR) is 79.4 cm³/mol. The smallest absolute Gasteiger partial charge is 0.335 e. The van der Waals surface area contributed by atoms with E-state index in [0.717, 1.165) is 30.2 Å². The lowest BCUT2D eigenvalue weighted by Crippen LogP contribution is -2.44. The Morgan fingerprint density at radius 1 is 1.20 bits per heavy atom. The van der Waals surface area contributed by atoms with Crippen molar-refractivity contribution in [3.8, 4) is 0 Å². The number of hydrogen-bond acceptors (Lipinski definition) is 3. The molecule has 2 rings (SSSR count). The fourth-order valence-electron chi connectivity index (χ4n) is 2.01. The van der Waals surface area contributed by atoms with E-state index in [1.165, 1.54) is 0 Å². The summed E-state index contributed by atoms with van der Waals surface area (Å²) < 4.78 is 0. The molecular formula is C14H18N2O3S. The Labute approximate surface area is 122 Å². The second kappa shape index (κ2) is 7.19. The summed E-state index contributed by atoms with van der Waals surface area (Å²) in [6.45, 7) is 2.18. The van der Waals surface area contributed by atoms with E-state index in [-0.39, 0.29) is 11.6 Å². The molecule has 0 bridgehead atoms. The summed E-state index contributed by atoms with van der Waals surface area (Å²) in [4.78, 5) is 24.4. The van der Waals surface area contributed by atoms with Gasteiger partial charge in [0.2, 0.25) is 0 Å². The average molecular weight is 294 g/mol. The largest absolute Gasteiger partial charge is 0.478 e. The van der Waals surface area contributed by atoms with Crippen molar-refractivity contribution < 1.29 is 14.7 Å². The van der Waals surface area contributed by atoms with Gasteiger partial charge in [-0.15, -0.1) is 0 Å². The van der Waals surface area contributed by atoms with Crippen LogP contribution < -0.4 is 5.32 Å². The summed E-state index contributed by atoms with van der Waals surface area (Å²) in [6, 6.07) is 6.73. The molecule has 0 unspecified atom stereocenters. The number of hydrogen-bond donors (Lipinski definition) is 2. The quantitative estimate of drug-likeness (QED) is 0.886. The lowest BCUT2D eigenvalue weighted by atomic mass is 10.1. The highest BCUT2D eigenvalue weighted by atomic mass is 32.2. The number of nitrogens with zero attached hydrogens (tertiary/aromatic N) is 1. The van der Waals surface area contributed by atoms with E-state index >= 15 is 0 Å². The fourth-order valence-corrected chi connectivity index (χ4v) is 2.91. The van der Waals surface area contributed by atoms with E-state index in [1.807, 2.05) is 16.7 Å². The minimum absolute atomic E-state index is 0.00699. The van der Waals surface area contributed by atoms with Gasteiger partial charge in [-0.1, -0.05) is 12.1 Å². The summed E-state index contributed by atoms with van der Waals surface area (Å²) in [6.07, 6.45) is 0.703. The highest BCUT2D eigenvalue weighted by Crippen LogP contribution is 2.09. The number of carbonyl (C=O) groups excluding carboxylic acids is 1. The number of nitrogens with one attached hydrogen (secondary N) is 1. The second-order valence-corrected chi connectivity index (χ2v) is 5.81. The first-order chi connectivity index (χ1) is 9.66. The average Bonchev–Trinajstić information content (AvgIpc) is 2.48. The lowest BCUT2D eigenvalue weighted by Gasteiger charge is -2.26. The number of benzene rings is 1. The number of carbonyl (C=O) groups is 2. The van der Waals surface area contributed by atoms with Crippen LogP contribution in [-0.4, -0.2) is 53.1 Å². The van der Waals surface area contributed by atoms with Crippen molar-refractivity contribution in [3.05, 3.63) is 35.4 Å². The second-order valence-electron chi connectivity index (χ2n) is 4.58. The van der Waals surface area contributed by atoms with Gasteiger partial charge >= 0.3 is 12.0 Å². The van der Waals surface area contributed by atoms with Gasteiger partial charge in [-0.3, -0.25) is 0 Å². The van der Waals surface area contributed by atoms with Crippen LogP contribution >= 0.6 is 11.8 Å². The van der Waals surface area contributed by atoms with E-state index in [1.54, 1.807) is 24.3 Å². The molecule has 0 aliphatic carbocycles. The molecule has 1 saturated heterocycles. The molecule has 1 fully saturated rings. The maximum Gasteiger partial charge on any atom is 0.335 e. The highest BCUT2D eigenvalue weighted by Gasteiger charge is 2.15. The number of rotatable bonds is 4. The Morgan fingerprint density at radius 3 is 2.45 bits per heavy atom. The molecule has 1 aliphatic rings. The highest BCUT2D eigenvalue weighted by molar-refractivity contribution is 7.99. The monoisotopic (exact) mass is 294 g/mol. The van der Waals surface area contributed by atoms with Crippen molar-refractivity contribution in [2.45, 2.75) is 6.42 Å². The number of thioether (sulfide) groups is 1. The Bertz CT molecular complexity index is 470. The van der Waals surface area contributed by atoms with Crippen molar-refractivity contribution in [1.29, 1.82) is 0 Å². The van der Waals surface area contributed by atoms with Crippen LogP contribution in [0.4, 0.5) is 4.79 Å². The number of amides is 2. The maximum absolute atomic E-state index is 11.9. The molecule has 0 aromatic heterocycles. The predicted octanol–water partition coefficient (Wildman–Crippen LogP) is 1.69.